The van der Waals surface area contributed by atoms with Gasteiger partial charge in [0.05, 0.1) is 4.90 Å². The number of nitrogens with zero attached hydrogens (tertiary/aromatic N) is 2. The molecule has 0 radical (unpaired) electrons. The SMILES string of the molecule is Cc1cc(Cl)nc(NS(=O)(=O)c2cc(Br)cc(N)c2C)n1. The first-order valence-electron chi connectivity index (χ1n) is 5.78. The van der Waals surface area contributed by atoms with Gasteiger partial charge in [-0.05, 0) is 37.6 Å². The van der Waals surface area contributed by atoms with Gasteiger partial charge in [0.15, 0.2) is 0 Å². The van der Waals surface area contributed by atoms with Gasteiger partial charge in [-0.1, -0.05) is 27.5 Å². The zero-order valence-electron chi connectivity index (χ0n) is 11.2. The molecule has 9 heteroatoms. The Labute approximate surface area is 135 Å². The molecule has 1 heterocycles. The van der Waals surface area contributed by atoms with Gasteiger partial charge < -0.3 is 5.73 Å². The Bertz CT molecular complexity index is 791. The number of sulfonamides is 1. The summed E-state index contributed by atoms with van der Waals surface area (Å²) in [5.74, 6) is -0.0852. The number of hydrogen-bond acceptors (Lipinski definition) is 5. The van der Waals surface area contributed by atoms with Crippen LogP contribution in [0, 0.1) is 13.8 Å². The molecule has 0 aliphatic rings. The highest BCUT2D eigenvalue weighted by Crippen LogP contribution is 2.27. The largest absolute Gasteiger partial charge is 0.398 e. The summed E-state index contributed by atoms with van der Waals surface area (Å²) in [6.45, 7) is 3.31. The number of nitrogens with two attached hydrogens (primary N) is 1. The van der Waals surface area contributed by atoms with Crippen molar-refractivity contribution in [2.75, 3.05) is 10.5 Å². The quantitative estimate of drug-likeness (QED) is 0.619. The normalized spacial score (nSPS) is 11.4. The molecular weight excluding hydrogens is 380 g/mol. The molecule has 6 nitrogen and oxygen atoms in total. The van der Waals surface area contributed by atoms with Crippen LogP contribution in [0.25, 0.3) is 0 Å². The van der Waals surface area contributed by atoms with Crippen molar-refractivity contribution in [1.29, 1.82) is 0 Å². The van der Waals surface area contributed by atoms with Crippen LogP contribution >= 0.6 is 27.5 Å². The zero-order valence-corrected chi connectivity index (χ0v) is 14.3. The number of halogens is 2. The van der Waals surface area contributed by atoms with Crippen LogP contribution in [0.4, 0.5) is 11.6 Å². The van der Waals surface area contributed by atoms with Gasteiger partial charge in [0.1, 0.15) is 5.15 Å². The molecule has 0 saturated carbocycles. The highest BCUT2D eigenvalue weighted by Gasteiger charge is 2.20. The summed E-state index contributed by atoms with van der Waals surface area (Å²) in [5, 5.41) is 0.158. The van der Waals surface area contributed by atoms with E-state index in [1.165, 1.54) is 12.1 Å². The minimum Gasteiger partial charge on any atom is -0.398 e. The number of benzene rings is 1. The topological polar surface area (TPSA) is 98.0 Å². The molecule has 0 saturated heterocycles. The zero-order chi connectivity index (χ0) is 15.8. The molecule has 0 atom stereocenters. The number of aryl methyl sites for hydroxylation is 1. The maximum Gasteiger partial charge on any atom is 0.264 e. The van der Waals surface area contributed by atoms with Gasteiger partial charge in [0.2, 0.25) is 5.95 Å². The Morgan fingerprint density at radius 1 is 1.24 bits per heavy atom. The third-order valence-corrected chi connectivity index (χ3v) is 4.81. The van der Waals surface area contributed by atoms with Crippen LogP contribution in [-0.4, -0.2) is 18.4 Å². The number of nitrogen functional groups attached to an aromatic ring is 1. The number of aromatic nitrogens is 2. The lowest BCUT2D eigenvalue weighted by atomic mass is 10.2. The Balaban J connectivity index is 2.48. The van der Waals surface area contributed by atoms with Crippen molar-refractivity contribution in [2.24, 2.45) is 0 Å². The molecule has 0 spiro atoms. The summed E-state index contributed by atoms with van der Waals surface area (Å²) in [6.07, 6.45) is 0. The average molecular weight is 392 g/mol. The van der Waals surface area contributed by atoms with Gasteiger partial charge in [-0.2, -0.15) is 0 Å². The maximum atomic E-state index is 12.4. The van der Waals surface area contributed by atoms with Gasteiger partial charge in [-0.25, -0.2) is 23.1 Å². The number of hydrogen-bond donors (Lipinski definition) is 2. The van der Waals surface area contributed by atoms with E-state index in [0.717, 1.165) is 0 Å². The number of nitrogens with one attached hydrogen (secondary N) is 1. The Morgan fingerprint density at radius 3 is 2.52 bits per heavy atom. The second kappa shape index (κ2) is 5.78. The standard InChI is InChI=1S/C12H12BrClN4O2S/c1-6-3-11(14)17-12(16-6)18-21(19,20)10-5-8(13)4-9(15)7(10)2/h3-5H,15H2,1-2H3,(H,16,17,18). The minimum atomic E-state index is -3.87. The summed E-state index contributed by atoms with van der Waals surface area (Å²) in [4.78, 5) is 7.88. The van der Waals surface area contributed by atoms with E-state index < -0.39 is 10.0 Å². The highest BCUT2D eigenvalue weighted by atomic mass is 79.9. The first-order valence-corrected chi connectivity index (χ1v) is 8.44. The molecule has 0 fully saturated rings. The van der Waals surface area contributed by atoms with Crippen molar-refractivity contribution in [1.82, 2.24) is 9.97 Å². The minimum absolute atomic E-state index is 0.0515. The smallest absolute Gasteiger partial charge is 0.264 e. The predicted octanol–water partition coefficient (Wildman–Crippen LogP) is 2.89. The molecule has 112 valence electrons. The summed E-state index contributed by atoms with van der Waals surface area (Å²) in [6, 6.07) is 4.63. The Morgan fingerprint density at radius 2 is 1.90 bits per heavy atom. The van der Waals surface area contributed by atoms with E-state index in [0.29, 0.717) is 21.4 Å². The van der Waals surface area contributed by atoms with Crippen molar-refractivity contribution in [3.63, 3.8) is 0 Å². The van der Waals surface area contributed by atoms with Crippen molar-refractivity contribution in [3.8, 4) is 0 Å². The lowest BCUT2D eigenvalue weighted by Crippen LogP contribution is -2.17. The molecule has 0 bridgehead atoms. The molecule has 1 aromatic carbocycles. The fourth-order valence-corrected chi connectivity index (χ4v) is 3.81. The second-order valence-electron chi connectivity index (χ2n) is 4.38. The van der Waals surface area contributed by atoms with Gasteiger partial charge in [0.25, 0.3) is 10.0 Å². The van der Waals surface area contributed by atoms with Crippen LogP contribution in [-0.2, 0) is 10.0 Å². The van der Waals surface area contributed by atoms with Gasteiger partial charge in [0, 0.05) is 15.9 Å². The fourth-order valence-electron chi connectivity index (χ4n) is 1.70. The van der Waals surface area contributed by atoms with Crippen LogP contribution in [0.1, 0.15) is 11.3 Å². The monoisotopic (exact) mass is 390 g/mol. The summed E-state index contributed by atoms with van der Waals surface area (Å²) in [5.41, 5.74) is 7.16. The van der Waals surface area contributed by atoms with Crippen LogP contribution in [0.3, 0.4) is 0 Å². The van der Waals surface area contributed by atoms with E-state index in [2.05, 4.69) is 30.6 Å². The van der Waals surface area contributed by atoms with Crippen molar-refractivity contribution >= 4 is 49.2 Å². The highest BCUT2D eigenvalue weighted by molar-refractivity contribution is 9.10. The van der Waals surface area contributed by atoms with Crippen molar-refractivity contribution in [2.45, 2.75) is 18.7 Å². The molecule has 0 aliphatic carbocycles. The summed E-state index contributed by atoms with van der Waals surface area (Å²) in [7, 11) is -3.87. The third-order valence-electron chi connectivity index (χ3n) is 2.70. The first kappa shape index (κ1) is 16.0. The Hall–Kier alpha value is -1.38. The third kappa shape index (κ3) is 3.63. The van der Waals surface area contributed by atoms with Gasteiger partial charge >= 0.3 is 0 Å². The van der Waals surface area contributed by atoms with E-state index in [4.69, 9.17) is 17.3 Å². The van der Waals surface area contributed by atoms with Crippen molar-refractivity contribution in [3.05, 3.63) is 39.1 Å². The van der Waals surface area contributed by atoms with E-state index in [1.807, 2.05) is 0 Å². The lowest BCUT2D eigenvalue weighted by molar-refractivity contribution is 0.600. The Kier molecular flexibility index (Phi) is 4.40. The fraction of sp³-hybridized carbons (Fsp3) is 0.167. The summed E-state index contributed by atoms with van der Waals surface area (Å²) >= 11 is 9.02. The van der Waals surface area contributed by atoms with E-state index in [9.17, 15) is 8.42 Å². The van der Waals surface area contributed by atoms with Crippen LogP contribution in [0.15, 0.2) is 27.6 Å². The van der Waals surface area contributed by atoms with Gasteiger partial charge in [-0.15, -0.1) is 0 Å². The average Bonchev–Trinajstić information content (AvgIpc) is 2.31. The molecule has 0 aliphatic heterocycles. The van der Waals surface area contributed by atoms with E-state index >= 15 is 0 Å². The molecular formula is C12H12BrClN4O2S. The second-order valence-corrected chi connectivity index (χ2v) is 7.33. The molecule has 0 amide bonds. The lowest BCUT2D eigenvalue weighted by Gasteiger charge is -2.12. The van der Waals surface area contributed by atoms with Crippen LogP contribution in [0.5, 0.6) is 0 Å². The van der Waals surface area contributed by atoms with Gasteiger partial charge in [-0.3, -0.25) is 0 Å². The molecule has 0 unspecified atom stereocenters. The van der Waals surface area contributed by atoms with Crippen LogP contribution < -0.4 is 10.5 Å². The van der Waals surface area contributed by atoms with E-state index in [1.54, 1.807) is 19.9 Å². The predicted molar refractivity (Wildman–Crippen MR) is 85.9 cm³/mol. The molecule has 3 N–H and O–H groups in total. The van der Waals surface area contributed by atoms with Crippen molar-refractivity contribution < 1.29 is 8.42 Å². The molecule has 1 aromatic heterocycles. The molecule has 2 rings (SSSR count). The number of anilines is 2. The van der Waals surface area contributed by atoms with E-state index in [-0.39, 0.29) is 16.0 Å². The summed E-state index contributed by atoms with van der Waals surface area (Å²) < 4.78 is 27.7. The number of rotatable bonds is 3. The first-order chi connectivity index (χ1) is 9.69. The molecule has 2 aromatic rings. The molecule has 21 heavy (non-hydrogen) atoms. The van der Waals surface area contributed by atoms with Crippen LogP contribution in [0.2, 0.25) is 5.15 Å². The maximum absolute atomic E-state index is 12.4.